The van der Waals surface area contributed by atoms with Crippen molar-refractivity contribution in [2.45, 2.75) is 57.1 Å². The standard InChI is InChI=1S/C22H27N3O5.C5H6O5/c1-5-30-19-9-13-14-8-12(26)6-7-17(14)23-21(15(13)10-18(19)27-2)16-11-20(28-3)24-25-22(16)29-4;6-3(5(9)10)1-2-4(7)8/h9-12,14,17,26H,5-8H2,1-4H3;1-2H2,(H,7,8)(H,9,10)/t12-,14-,17-;/m1./s1. The lowest BCUT2D eigenvalue weighted by atomic mass is 9.74. The lowest BCUT2D eigenvalue weighted by Gasteiger charge is -2.37. The largest absolute Gasteiger partial charge is 0.493 e. The number of benzene rings is 1. The monoisotopic (exact) mass is 559 g/mol. The number of carboxylic acid groups (broad SMARTS) is 2. The number of ketones is 1. The van der Waals surface area contributed by atoms with Crippen molar-refractivity contribution in [3.63, 3.8) is 0 Å². The number of aliphatic hydroxyl groups excluding tert-OH is 1. The number of hydrogen-bond acceptors (Lipinski definition) is 11. The fourth-order valence-electron chi connectivity index (χ4n) is 4.70. The molecular weight excluding hydrogens is 526 g/mol. The number of aromatic nitrogens is 2. The van der Waals surface area contributed by atoms with Gasteiger partial charge >= 0.3 is 11.9 Å². The van der Waals surface area contributed by atoms with Crippen LogP contribution in [-0.2, 0) is 14.4 Å². The molecule has 1 aromatic heterocycles. The third-order valence-electron chi connectivity index (χ3n) is 6.57. The number of carboxylic acids is 2. The van der Waals surface area contributed by atoms with Gasteiger partial charge in [0.05, 0.1) is 57.8 Å². The SMILES string of the molecule is CCOc1cc2c(cc1OC)C(c1cc(OC)nnc1OC)=N[C@@H]1CC[C@@H](O)C[C@H]21.O=C(O)CCC(=O)C(=O)O. The van der Waals surface area contributed by atoms with Crippen molar-refractivity contribution in [1.29, 1.82) is 0 Å². The van der Waals surface area contributed by atoms with Crippen LogP contribution in [0.15, 0.2) is 23.2 Å². The van der Waals surface area contributed by atoms with E-state index in [1.54, 1.807) is 27.4 Å². The molecule has 13 nitrogen and oxygen atoms in total. The van der Waals surface area contributed by atoms with Crippen molar-refractivity contribution in [3.05, 3.63) is 34.9 Å². The Bertz CT molecular complexity index is 1280. The van der Waals surface area contributed by atoms with E-state index in [0.29, 0.717) is 41.9 Å². The highest BCUT2D eigenvalue weighted by molar-refractivity contribution is 6.32. The molecule has 0 bridgehead atoms. The second-order valence-corrected chi connectivity index (χ2v) is 9.07. The van der Waals surface area contributed by atoms with Gasteiger partial charge in [-0.3, -0.25) is 14.6 Å². The van der Waals surface area contributed by atoms with Gasteiger partial charge in [0.1, 0.15) is 0 Å². The molecule has 0 unspecified atom stereocenters. The van der Waals surface area contributed by atoms with Crippen LogP contribution in [0.5, 0.6) is 23.3 Å². The zero-order valence-corrected chi connectivity index (χ0v) is 22.7. The third-order valence-corrected chi connectivity index (χ3v) is 6.57. The number of carbonyl (C=O) groups excluding carboxylic acids is 1. The minimum absolute atomic E-state index is 0.0580. The van der Waals surface area contributed by atoms with Crippen molar-refractivity contribution >= 4 is 23.4 Å². The van der Waals surface area contributed by atoms with E-state index in [1.807, 2.05) is 19.1 Å². The summed E-state index contributed by atoms with van der Waals surface area (Å²) >= 11 is 0. The first-order valence-corrected chi connectivity index (χ1v) is 12.7. The average molecular weight is 560 g/mol. The van der Waals surface area contributed by atoms with Gasteiger partial charge in [-0.1, -0.05) is 0 Å². The van der Waals surface area contributed by atoms with Crippen LogP contribution in [0.4, 0.5) is 0 Å². The Morgan fingerprint density at radius 2 is 1.68 bits per heavy atom. The van der Waals surface area contributed by atoms with Crippen LogP contribution in [0.1, 0.15) is 61.6 Å². The lowest BCUT2D eigenvalue weighted by Crippen LogP contribution is -2.34. The van der Waals surface area contributed by atoms with Gasteiger partial charge in [0, 0.05) is 24.0 Å². The van der Waals surface area contributed by atoms with Crippen molar-refractivity contribution in [3.8, 4) is 23.3 Å². The summed E-state index contributed by atoms with van der Waals surface area (Å²) in [5, 5.41) is 34.4. The fourth-order valence-corrected chi connectivity index (χ4v) is 4.70. The number of methoxy groups -OCH3 is 3. The first-order valence-electron chi connectivity index (χ1n) is 12.7. The molecule has 2 heterocycles. The smallest absolute Gasteiger partial charge is 0.372 e. The van der Waals surface area contributed by atoms with Crippen LogP contribution in [0, 0.1) is 0 Å². The summed E-state index contributed by atoms with van der Waals surface area (Å²) in [7, 11) is 4.73. The number of rotatable bonds is 10. The molecule has 1 saturated carbocycles. The number of aliphatic hydroxyl groups is 1. The van der Waals surface area contributed by atoms with Crippen LogP contribution >= 0.6 is 0 Å². The van der Waals surface area contributed by atoms with Crippen LogP contribution < -0.4 is 18.9 Å². The molecule has 2 aromatic rings. The molecule has 4 rings (SSSR count). The Morgan fingerprint density at radius 1 is 0.925 bits per heavy atom. The minimum atomic E-state index is -1.58. The van der Waals surface area contributed by atoms with Gasteiger partial charge in [-0.05, 0) is 43.9 Å². The molecule has 2 aliphatic rings. The van der Waals surface area contributed by atoms with E-state index in [9.17, 15) is 19.5 Å². The van der Waals surface area contributed by atoms with E-state index in [1.165, 1.54) is 0 Å². The number of carbonyl (C=O) groups is 3. The molecule has 0 radical (unpaired) electrons. The number of fused-ring (bicyclic) bond motifs is 3. The number of Topliss-reactive ketones (excluding diaryl/α,β-unsaturated/α-hetero) is 1. The summed E-state index contributed by atoms with van der Waals surface area (Å²) in [6.45, 7) is 2.48. The Morgan fingerprint density at radius 3 is 2.27 bits per heavy atom. The van der Waals surface area contributed by atoms with Crippen LogP contribution in [0.3, 0.4) is 0 Å². The molecule has 1 aliphatic heterocycles. The normalized spacial score (nSPS) is 19.0. The molecule has 1 fully saturated rings. The van der Waals surface area contributed by atoms with Crippen molar-refractivity contribution in [2.75, 3.05) is 27.9 Å². The predicted molar refractivity (Wildman–Crippen MR) is 141 cm³/mol. The molecule has 216 valence electrons. The van der Waals surface area contributed by atoms with Gasteiger partial charge < -0.3 is 34.3 Å². The number of aliphatic carboxylic acids is 2. The van der Waals surface area contributed by atoms with Gasteiger partial charge in [-0.15, -0.1) is 10.2 Å². The summed E-state index contributed by atoms with van der Waals surface area (Å²) in [5.74, 6) is -1.63. The highest BCUT2D eigenvalue weighted by Gasteiger charge is 2.38. The van der Waals surface area contributed by atoms with Crippen LogP contribution in [-0.4, -0.2) is 89.0 Å². The fraction of sp³-hybridized carbons (Fsp3) is 0.481. The Hall–Kier alpha value is -4.26. The van der Waals surface area contributed by atoms with Gasteiger partial charge in [0.25, 0.3) is 0 Å². The Labute approximate surface area is 230 Å². The summed E-state index contributed by atoms with van der Waals surface area (Å²) in [6.07, 6.45) is 1.02. The van der Waals surface area contributed by atoms with E-state index in [0.717, 1.165) is 29.7 Å². The number of aliphatic imine (C=N–C) groups is 1. The summed E-state index contributed by atoms with van der Waals surface area (Å²) in [4.78, 5) is 34.8. The molecule has 3 atom stereocenters. The maximum absolute atomic E-state index is 10.3. The van der Waals surface area contributed by atoms with E-state index >= 15 is 0 Å². The zero-order chi connectivity index (χ0) is 29.4. The average Bonchev–Trinajstić information content (AvgIpc) is 2.95. The second-order valence-electron chi connectivity index (χ2n) is 9.07. The van der Waals surface area contributed by atoms with Crippen molar-refractivity contribution in [1.82, 2.24) is 10.2 Å². The second kappa shape index (κ2) is 13.7. The van der Waals surface area contributed by atoms with Gasteiger partial charge in [-0.25, -0.2) is 4.79 Å². The van der Waals surface area contributed by atoms with E-state index in [4.69, 9.17) is 34.2 Å². The zero-order valence-electron chi connectivity index (χ0n) is 22.7. The van der Waals surface area contributed by atoms with Crippen molar-refractivity contribution < 1.29 is 48.7 Å². The van der Waals surface area contributed by atoms with E-state index in [2.05, 4.69) is 10.2 Å². The van der Waals surface area contributed by atoms with Gasteiger partial charge in [-0.2, -0.15) is 0 Å². The summed E-state index contributed by atoms with van der Waals surface area (Å²) < 4.78 is 22.2. The summed E-state index contributed by atoms with van der Waals surface area (Å²) in [5.41, 5.74) is 3.47. The number of ether oxygens (including phenoxy) is 4. The highest BCUT2D eigenvalue weighted by Crippen LogP contribution is 2.45. The number of nitrogens with zero attached hydrogens (tertiary/aromatic N) is 3. The topological polar surface area (TPSA) is 187 Å². The summed E-state index contributed by atoms with van der Waals surface area (Å²) in [6, 6.07) is 5.82. The number of hydrogen-bond donors (Lipinski definition) is 3. The van der Waals surface area contributed by atoms with E-state index in [-0.39, 0.29) is 18.1 Å². The predicted octanol–water partition coefficient (Wildman–Crippen LogP) is 2.25. The highest BCUT2D eigenvalue weighted by atomic mass is 16.5. The molecule has 1 aliphatic carbocycles. The van der Waals surface area contributed by atoms with Crippen LogP contribution in [0.2, 0.25) is 0 Å². The maximum Gasteiger partial charge on any atom is 0.372 e. The first-order chi connectivity index (χ1) is 19.1. The molecule has 0 saturated heterocycles. The van der Waals surface area contributed by atoms with Crippen LogP contribution in [0.25, 0.3) is 0 Å². The quantitative estimate of drug-likeness (QED) is 0.361. The molecule has 3 N–H and O–H groups in total. The van der Waals surface area contributed by atoms with Gasteiger partial charge in [0.15, 0.2) is 11.5 Å². The first kappa shape index (κ1) is 30.3. The molecule has 0 amide bonds. The molecule has 13 heteroatoms. The molecule has 0 spiro atoms. The molecule has 1 aromatic carbocycles. The van der Waals surface area contributed by atoms with Crippen molar-refractivity contribution in [2.24, 2.45) is 4.99 Å². The minimum Gasteiger partial charge on any atom is -0.493 e. The van der Waals surface area contributed by atoms with Gasteiger partial charge in [0.2, 0.25) is 17.5 Å². The molecule has 40 heavy (non-hydrogen) atoms. The third kappa shape index (κ3) is 7.03. The lowest BCUT2D eigenvalue weighted by molar-refractivity contribution is -0.149. The molecular formula is C27H33N3O10. The Kier molecular flexibility index (Phi) is 10.4. The maximum atomic E-state index is 10.3. The van der Waals surface area contributed by atoms with E-state index < -0.39 is 30.6 Å². The Balaban J connectivity index is 0.000000378.